The summed E-state index contributed by atoms with van der Waals surface area (Å²) in [4.78, 5) is 25.5. The second kappa shape index (κ2) is 8.16. The molecule has 0 radical (unpaired) electrons. The average molecular weight is 398 g/mol. The Morgan fingerprint density at radius 2 is 1.70 bits per heavy atom. The van der Waals surface area contributed by atoms with Crippen molar-refractivity contribution in [3.63, 3.8) is 0 Å². The number of nitrogens with one attached hydrogen (secondary N) is 2. The Morgan fingerprint density at radius 3 is 2.40 bits per heavy atom. The number of carbonyl (C=O) groups excluding carboxylic acids is 1. The Labute approximate surface area is 174 Å². The summed E-state index contributed by atoms with van der Waals surface area (Å²) in [5, 5.41) is 6.22. The minimum atomic E-state index is -0.121. The lowest BCUT2D eigenvalue weighted by Gasteiger charge is -2.11. The maximum absolute atomic E-state index is 12.6. The van der Waals surface area contributed by atoms with Crippen LogP contribution in [0.3, 0.4) is 0 Å². The van der Waals surface area contributed by atoms with Gasteiger partial charge < -0.3 is 10.6 Å². The Bertz CT molecular complexity index is 1180. The van der Waals surface area contributed by atoms with Crippen molar-refractivity contribution in [3.8, 4) is 5.82 Å². The van der Waals surface area contributed by atoms with Crippen molar-refractivity contribution in [3.05, 3.63) is 89.8 Å². The summed E-state index contributed by atoms with van der Waals surface area (Å²) in [5.41, 5.74) is 4.35. The number of rotatable bonds is 5. The fourth-order valence-corrected chi connectivity index (χ4v) is 3.19. The fourth-order valence-electron chi connectivity index (χ4n) is 3.19. The van der Waals surface area contributed by atoms with E-state index in [-0.39, 0.29) is 5.91 Å². The van der Waals surface area contributed by atoms with E-state index >= 15 is 0 Å². The SMILES string of the molecule is Cc1ccc(C(=O)Nc2ccc(Nc3cc(-n4ccnc4)nc(C)n3)cc2)c(C)c1. The molecule has 0 unspecified atom stereocenters. The van der Waals surface area contributed by atoms with Gasteiger partial charge in [-0.2, -0.15) is 0 Å². The number of hydrogen-bond donors (Lipinski definition) is 2. The summed E-state index contributed by atoms with van der Waals surface area (Å²) >= 11 is 0. The van der Waals surface area contributed by atoms with Crippen LogP contribution in [0.15, 0.2) is 67.3 Å². The predicted molar refractivity (Wildman–Crippen MR) is 117 cm³/mol. The van der Waals surface area contributed by atoms with E-state index < -0.39 is 0 Å². The summed E-state index contributed by atoms with van der Waals surface area (Å²) in [6.45, 7) is 5.80. The zero-order valence-corrected chi connectivity index (χ0v) is 17.0. The number of amides is 1. The van der Waals surface area contributed by atoms with E-state index in [4.69, 9.17) is 0 Å². The molecule has 7 nitrogen and oxygen atoms in total. The lowest BCUT2D eigenvalue weighted by Crippen LogP contribution is -2.13. The molecule has 4 aromatic rings. The molecule has 2 heterocycles. The lowest BCUT2D eigenvalue weighted by atomic mass is 10.1. The van der Waals surface area contributed by atoms with Crippen LogP contribution in [0, 0.1) is 20.8 Å². The summed E-state index contributed by atoms with van der Waals surface area (Å²) < 4.78 is 1.82. The molecule has 0 aliphatic rings. The van der Waals surface area contributed by atoms with Crippen LogP contribution in [0.5, 0.6) is 0 Å². The van der Waals surface area contributed by atoms with Gasteiger partial charge in [0, 0.05) is 35.4 Å². The van der Waals surface area contributed by atoms with Gasteiger partial charge in [0.15, 0.2) is 0 Å². The van der Waals surface area contributed by atoms with Gasteiger partial charge in [-0.25, -0.2) is 15.0 Å². The zero-order chi connectivity index (χ0) is 21.1. The van der Waals surface area contributed by atoms with Crippen LogP contribution in [0.2, 0.25) is 0 Å². The number of aryl methyl sites for hydroxylation is 3. The number of anilines is 3. The van der Waals surface area contributed by atoms with Crippen molar-refractivity contribution in [2.75, 3.05) is 10.6 Å². The maximum Gasteiger partial charge on any atom is 0.255 e. The van der Waals surface area contributed by atoms with E-state index in [1.165, 1.54) is 0 Å². The van der Waals surface area contributed by atoms with E-state index in [1.807, 2.05) is 80.1 Å². The lowest BCUT2D eigenvalue weighted by molar-refractivity contribution is 0.102. The molecule has 7 heteroatoms. The molecule has 0 atom stereocenters. The first-order valence-electron chi connectivity index (χ1n) is 9.58. The Kier molecular flexibility index (Phi) is 5.26. The van der Waals surface area contributed by atoms with E-state index in [2.05, 4.69) is 25.6 Å². The van der Waals surface area contributed by atoms with E-state index in [1.54, 1.807) is 12.5 Å². The molecule has 2 N–H and O–H groups in total. The summed E-state index contributed by atoms with van der Waals surface area (Å²) in [5.74, 6) is 1.95. The molecular formula is C23H22N6O. The highest BCUT2D eigenvalue weighted by molar-refractivity contribution is 6.05. The smallest absolute Gasteiger partial charge is 0.255 e. The highest BCUT2D eigenvalue weighted by Gasteiger charge is 2.10. The van der Waals surface area contributed by atoms with Crippen LogP contribution in [0.1, 0.15) is 27.3 Å². The number of hydrogen-bond acceptors (Lipinski definition) is 5. The Hall–Kier alpha value is -4.00. The van der Waals surface area contributed by atoms with Crippen molar-refractivity contribution in [2.45, 2.75) is 20.8 Å². The molecular weight excluding hydrogens is 376 g/mol. The van der Waals surface area contributed by atoms with Crippen LogP contribution < -0.4 is 10.6 Å². The van der Waals surface area contributed by atoms with E-state index in [0.717, 1.165) is 28.3 Å². The van der Waals surface area contributed by atoms with Crippen molar-refractivity contribution in [1.29, 1.82) is 0 Å². The average Bonchev–Trinajstić information content (AvgIpc) is 3.24. The molecule has 0 fully saturated rings. The van der Waals surface area contributed by atoms with Gasteiger partial charge in [-0.15, -0.1) is 0 Å². The standard InChI is InChI=1S/C23H22N6O/c1-15-4-9-20(16(2)12-15)23(30)28-19-7-5-18(6-8-19)27-21-13-22(26-17(3)25-21)29-11-10-24-14-29/h4-14H,1-3H3,(H,28,30)(H,25,26,27). The Morgan fingerprint density at radius 1 is 0.933 bits per heavy atom. The largest absolute Gasteiger partial charge is 0.340 e. The molecule has 30 heavy (non-hydrogen) atoms. The second-order valence-electron chi connectivity index (χ2n) is 7.10. The van der Waals surface area contributed by atoms with E-state index in [9.17, 15) is 4.79 Å². The van der Waals surface area contributed by atoms with E-state index in [0.29, 0.717) is 17.2 Å². The Balaban J connectivity index is 1.47. The number of nitrogens with zero attached hydrogens (tertiary/aromatic N) is 4. The van der Waals surface area contributed by atoms with Crippen LogP contribution in [0.4, 0.5) is 17.2 Å². The molecule has 150 valence electrons. The maximum atomic E-state index is 12.6. The third-order valence-corrected chi connectivity index (χ3v) is 4.64. The van der Waals surface area contributed by atoms with Crippen LogP contribution in [-0.4, -0.2) is 25.4 Å². The summed E-state index contributed by atoms with van der Waals surface area (Å²) in [6.07, 6.45) is 5.23. The van der Waals surface area contributed by atoms with Crippen LogP contribution in [0.25, 0.3) is 5.82 Å². The molecule has 4 rings (SSSR count). The molecule has 0 saturated heterocycles. The molecule has 0 aliphatic carbocycles. The summed E-state index contributed by atoms with van der Waals surface area (Å²) in [7, 11) is 0. The van der Waals surface area contributed by atoms with Crippen molar-refractivity contribution >= 4 is 23.1 Å². The van der Waals surface area contributed by atoms with Crippen molar-refractivity contribution in [1.82, 2.24) is 19.5 Å². The number of benzene rings is 2. The minimum Gasteiger partial charge on any atom is -0.340 e. The number of carbonyl (C=O) groups is 1. The zero-order valence-electron chi connectivity index (χ0n) is 17.0. The third-order valence-electron chi connectivity index (χ3n) is 4.64. The third kappa shape index (κ3) is 4.35. The minimum absolute atomic E-state index is 0.121. The van der Waals surface area contributed by atoms with Gasteiger partial charge in [0.25, 0.3) is 5.91 Å². The predicted octanol–water partition coefficient (Wildman–Crippen LogP) is 4.58. The first-order chi connectivity index (χ1) is 14.5. The van der Waals surface area contributed by atoms with Gasteiger partial charge in [-0.05, 0) is 56.7 Å². The topological polar surface area (TPSA) is 84.7 Å². The second-order valence-corrected chi connectivity index (χ2v) is 7.10. The van der Waals surface area contributed by atoms with Crippen LogP contribution >= 0.6 is 0 Å². The molecule has 0 saturated carbocycles. The van der Waals surface area contributed by atoms with Gasteiger partial charge in [-0.3, -0.25) is 9.36 Å². The molecule has 2 aromatic heterocycles. The quantitative estimate of drug-likeness (QED) is 0.514. The first kappa shape index (κ1) is 19.3. The highest BCUT2D eigenvalue weighted by atomic mass is 16.1. The first-order valence-corrected chi connectivity index (χ1v) is 9.58. The van der Waals surface area contributed by atoms with Crippen molar-refractivity contribution in [2.24, 2.45) is 0 Å². The molecule has 2 aromatic carbocycles. The highest BCUT2D eigenvalue weighted by Crippen LogP contribution is 2.20. The molecule has 1 amide bonds. The number of aromatic nitrogens is 4. The van der Waals surface area contributed by atoms with Gasteiger partial charge in [0.05, 0.1) is 0 Å². The van der Waals surface area contributed by atoms with Crippen LogP contribution in [-0.2, 0) is 0 Å². The number of imidazole rings is 1. The molecule has 0 bridgehead atoms. The summed E-state index contributed by atoms with van der Waals surface area (Å²) in [6, 6.07) is 15.1. The van der Waals surface area contributed by atoms with Gasteiger partial charge in [0.2, 0.25) is 0 Å². The fraction of sp³-hybridized carbons (Fsp3) is 0.130. The monoisotopic (exact) mass is 398 g/mol. The molecule has 0 spiro atoms. The van der Waals surface area contributed by atoms with Gasteiger partial charge in [-0.1, -0.05) is 17.7 Å². The van der Waals surface area contributed by atoms with Crippen molar-refractivity contribution < 1.29 is 4.79 Å². The van der Waals surface area contributed by atoms with Gasteiger partial charge in [0.1, 0.15) is 23.8 Å². The molecule has 0 aliphatic heterocycles. The van der Waals surface area contributed by atoms with Gasteiger partial charge >= 0.3 is 0 Å². The normalized spacial score (nSPS) is 10.6.